The number of aromatic nitrogens is 1. The van der Waals surface area contributed by atoms with E-state index in [4.69, 9.17) is 23.2 Å². The molecule has 180 valence electrons. The molecule has 1 N–H and O–H groups in total. The number of amides is 3. The fraction of sp³-hybridized carbons (Fsp3) is 0.0741. The number of hydrogen-bond acceptors (Lipinski definition) is 4. The second-order valence-electron chi connectivity index (χ2n) is 8.12. The van der Waals surface area contributed by atoms with Gasteiger partial charge in [0.2, 0.25) is 5.91 Å². The van der Waals surface area contributed by atoms with Crippen molar-refractivity contribution in [3.63, 3.8) is 0 Å². The van der Waals surface area contributed by atoms with Gasteiger partial charge in [-0.3, -0.25) is 19.3 Å². The lowest BCUT2D eigenvalue weighted by Gasteiger charge is -2.13. The zero-order valence-corrected chi connectivity index (χ0v) is 21.1. The lowest BCUT2D eigenvalue weighted by atomic mass is 10.1. The Labute approximate surface area is 221 Å². The molecule has 4 aromatic rings. The number of anilines is 1. The summed E-state index contributed by atoms with van der Waals surface area (Å²) in [7, 11) is 0. The Morgan fingerprint density at radius 3 is 2.39 bits per heavy atom. The molecule has 36 heavy (non-hydrogen) atoms. The van der Waals surface area contributed by atoms with E-state index in [0.717, 1.165) is 38.7 Å². The number of para-hydroxylation sites is 2. The average Bonchev–Trinajstić information content (AvgIpc) is 3.34. The molecule has 0 saturated carbocycles. The van der Waals surface area contributed by atoms with Gasteiger partial charge in [-0.2, -0.15) is 0 Å². The highest BCUT2D eigenvalue weighted by Gasteiger charge is 2.36. The van der Waals surface area contributed by atoms with Gasteiger partial charge in [-0.25, -0.2) is 0 Å². The number of hydrogen-bond donors (Lipinski definition) is 1. The van der Waals surface area contributed by atoms with Gasteiger partial charge in [-0.15, -0.1) is 0 Å². The van der Waals surface area contributed by atoms with Gasteiger partial charge in [0, 0.05) is 34.2 Å². The maximum Gasteiger partial charge on any atom is 0.294 e. The van der Waals surface area contributed by atoms with Gasteiger partial charge in [0.05, 0.1) is 15.6 Å². The van der Waals surface area contributed by atoms with E-state index in [2.05, 4.69) is 9.88 Å². The summed E-state index contributed by atoms with van der Waals surface area (Å²) < 4.78 is 2.06. The molecule has 1 saturated heterocycles. The van der Waals surface area contributed by atoms with Gasteiger partial charge in [0.15, 0.2) is 0 Å². The second-order valence-corrected chi connectivity index (χ2v) is 9.92. The van der Waals surface area contributed by atoms with Crippen molar-refractivity contribution < 1.29 is 14.4 Å². The monoisotopic (exact) mass is 535 g/mol. The first-order chi connectivity index (χ1) is 17.4. The Kier molecular flexibility index (Phi) is 6.87. The molecule has 0 atom stereocenters. The maximum absolute atomic E-state index is 13.0. The first kappa shape index (κ1) is 24.2. The molecule has 6 nitrogen and oxygen atoms in total. The predicted octanol–water partition coefficient (Wildman–Crippen LogP) is 6.67. The average molecular weight is 536 g/mol. The molecule has 1 aromatic heterocycles. The topological polar surface area (TPSA) is 71.4 Å². The lowest BCUT2D eigenvalue weighted by Crippen LogP contribution is -2.36. The van der Waals surface area contributed by atoms with Gasteiger partial charge in [0.1, 0.15) is 6.54 Å². The number of halogens is 2. The van der Waals surface area contributed by atoms with Gasteiger partial charge in [-0.1, -0.05) is 71.7 Å². The van der Waals surface area contributed by atoms with Crippen molar-refractivity contribution in [3.8, 4) is 0 Å². The first-order valence-corrected chi connectivity index (χ1v) is 12.6. The molecule has 0 aliphatic carbocycles. The number of benzene rings is 3. The van der Waals surface area contributed by atoms with Gasteiger partial charge in [-0.05, 0) is 47.7 Å². The number of nitrogens with one attached hydrogen (secondary N) is 1. The molecule has 2 heterocycles. The summed E-state index contributed by atoms with van der Waals surface area (Å²) in [5, 5.41) is 4.12. The van der Waals surface area contributed by atoms with Crippen molar-refractivity contribution >= 4 is 74.7 Å². The van der Waals surface area contributed by atoms with Crippen LogP contribution in [0.5, 0.6) is 0 Å². The van der Waals surface area contributed by atoms with E-state index in [1.165, 1.54) is 0 Å². The third-order valence-electron chi connectivity index (χ3n) is 5.73. The van der Waals surface area contributed by atoms with Crippen LogP contribution < -0.4 is 5.32 Å². The van der Waals surface area contributed by atoms with Crippen molar-refractivity contribution in [2.24, 2.45) is 0 Å². The zero-order chi connectivity index (χ0) is 25.2. The minimum Gasteiger partial charge on any atom is -0.342 e. The number of thioether (sulfide) groups is 1. The Morgan fingerprint density at radius 2 is 1.61 bits per heavy atom. The summed E-state index contributed by atoms with van der Waals surface area (Å²) in [5.41, 5.74) is 3.15. The van der Waals surface area contributed by atoms with E-state index in [-0.39, 0.29) is 4.91 Å². The number of fused-ring (bicyclic) bond motifs is 1. The zero-order valence-electron chi connectivity index (χ0n) is 18.8. The number of imide groups is 1. The fourth-order valence-corrected chi connectivity index (χ4v) is 5.21. The van der Waals surface area contributed by atoms with Gasteiger partial charge >= 0.3 is 0 Å². The molecule has 3 amide bonds. The molecule has 0 unspecified atom stereocenters. The highest BCUT2D eigenvalue weighted by Crippen LogP contribution is 2.34. The summed E-state index contributed by atoms with van der Waals surface area (Å²) in [4.78, 5) is 39.3. The van der Waals surface area contributed by atoms with Gasteiger partial charge in [0.25, 0.3) is 11.1 Å². The predicted molar refractivity (Wildman–Crippen MR) is 145 cm³/mol. The minimum atomic E-state index is -0.512. The van der Waals surface area contributed by atoms with Crippen LogP contribution in [0.15, 0.2) is 83.9 Å². The van der Waals surface area contributed by atoms with Crippen LogP contribution in [0, 0.1) is 0 Å². The number of nitrogens with zero attached hydrogens (tertiary/aromatic N) is 2. The van der Waals surface area contributed by atoms with Crippen molar-refractivity contribution in [2.75, 3.05) is 11.9 Å². The van der Waals surface area contributed by atoms with E-state index in [1.807, 2.05) is 54.7 Å². The van der Waals surface area contributed by atoms with Crippen molar-refractivity contribution in [1.82, 2.24) is 9.47 Å². The molecule has 1 fully saturated rings. The standard InChI is InChI=1S/C27H19Cl2N3O3S/c28-20-9-3-1-7-17(20)14-31-15-18(19-8-2-6-12-23(19)31)13-24-26(34)32(27(35)36-24)16-25(33)30-22-11-5-4-10-21(22)29/h1-13,15H,14,16H2,(H,30,33)/b24-13+. The smallest absolute Gasteiger partial charge is 0.294 e. The second kappa shape index (κ2) is 10.2. The molecule has 0 radical (unpaired) electrons. The van der Waals surface area contributed by atoms with Crippen molar-refractivity contribution in [1.29, 1.82) is 0 Å². The van der Waals surface area contributed by atoms with Crippen LogP contribution in [0.1, 0.15) is 11.1 Å². The number of carbonyl (C=O) groups excluding carboxylic acids is 3. The minimum absolute atomic E-state index is 0.256. The molecule has 0 bridgehead atoms. The Bertz CT molecular complexity index is 1550. The van der Waals surface area contributed by atoms with Gasteiger partial charge < -0.3 is 9.88 Å². The Morgan fingerprint density at radius 1 is 0.917 bits per heavy atom. The Balaban J connectivity index is 1.39. The molecule has 1 aliphatic rings. The summed E-state index contributed by atoms with van der Waals surface area (Å²) in [6, 6.07) is 22.2. The van der Waals surface area contributed by atoms with Crippen LogP contribution in [0.2, 0.25) is 10.0 Å². The van der Waals surface area contributed by atoms with Crippen LogP contribution in [0.25, 0.3) is 17.0 Å². The largest absolute Gasteiger partial charge is 0.342 e. The highest BCUT2D eigenvalue weighted by atomic mass is 35.5. The third kappa shape index (κ3) is 4.91. The first-order valence-electron chi connectivity index (χ1n) is 11.0. The van der Waals surface area contributed by atoms with E-state index in [9.17, 15) is 14.4 Å². The Hall–Kier alpha value is -3.52. The van der Waals surface area contributed by atoms with Crippen LogP contribution in [0.3, 0.4) is 0 Å². The highest BCUT2D eigenvalue weighted by molar-refractivity contribution is 8.18. The van der Waals surface area contributed by atoms with Crippen molar-refractivity contribution in [3.05, 3.63) is 105 Å². The van der Waals surface area contributed by atoms with E-state index in [0.29, 0.717) is 22.3 Å². The third-order valence-corrected chi connectivity index (χ3v) is 7.33. The molecule has 0 spiro atoms. The molecule has 3 aromatic carbocycles. The van der Waals surface area contributed by atoms with Crippen LogP contribution >= 0.6 is 35.0 Å². The fourth-order valence-electron chi connectivity index (χ4n) is 4.00. The number of rotatable bonds is 6. The summed E-state index contributed by atoms with van der Waals surface area (Å²) in [6.07, 6.45) is 3.63. The van der Waals surface area contributed by atoms with Crippen molar-refractivity contribution in [2.45, 2.75) is 6.54 Å². The van der Waals surface area contributed by atoms with E-state index in [1.54, 1.807) is 30.3 Å². The van der Waals surface area contributed by atoms with E-state index < -0.39 is 23.6 Å². The van der Waals surface area contributed by atoms with E-state index >= 15 is 0 Å². The van der Waals surface area contributed by atoms with Crippen LogP contribution in [-0.2, 0) is 16.1 Å². The molecule has 5 rings (SSSR count). The van der Waals surface area contributed by atoms with Crippen LogP contribution in [-0.4, -0.2) is 33.1 Å². The summed E-state index contributed by atoms with van der Waals surface area (Å²) in [5.74, 6) is -1.02. The molecule has 9 heteroatoms. The normalized spacial score (nSPS) is 14.7. The lowest BCUT2D eigenvalue weighted by molar-refractivity contribution is -0.127. The maximum atomic E-state index is 13.0. The molecular formula is C27H19Cl2N3O3S. The quantitative estimate of drug-likeness (QED) is 0.280. The SMILES string of the molecule is O=C(CN1C(=O)S/C(=C/c2cn(Cc3ccccc3Cl)c3ccccc23)C1=O)Nc1ccccc1Cl. The molecular weight excluding hydrogens is 517 g/mol. The summed E-state index contributed by atoms with van der Waals surface area (Å²) >= 11 is 13.3. The molecule has 1 aliphatic heterocycles. The number of carbonyl (C=O) groups is 3. The summed E-state index contributed by atoms with van der Waals surface area (Å²) in [6.45, 7) is 0.152. The van der Waals surface area contributed by atoms with Crippen LogP contribution in [0.4, 0.5) is 10.5 Å².